The van der Waals surface area contributed by atoms with Gasteiger partial charge in [0, 0.05) is 96.4 Å². The van der Waals surface area contributed by atoms with E-state index in [1.54, 1.807) is 62.9 Å². The molecule has 3 aliphatic heterocycles. The topological polar surface area (TPSA) is 308 Å². The highest BCUT2D eigenvalue weighted by atomic mass is 19.4. The van der Waals surface area contributed by atoms with Gasteiger partial charge in [0.2, 0.25) is 17.6 Å². The van der Waals surface area contributed by atoms with Crippen LogP contribution in [-0.2, 0) is 48.2 Å². The molecule has 0 unspecified atom stereocenters. The molecule has 0 atom stereocenters. The Morgan fingerprint density at radius 3 is 1.13 bits per heavy atom. The Bertz CT molecular complexity index is 4500. The fraction of sp³-hybridized carbons (Fsp3) is 0.356. The maximum atomic E-state index is 12.9. The van der Waals surface area contributed by atoms with E-state index < -0.39 is 41.0 Å². The quantitative estimate of drug-likeness (QED) is 0.0633. The van der Waals surface area contributed by atoms with Crippen molar-refractivity contribution in [3.05, 3.63) is 184 Å². The van der Waals surface area contributed by atoms with Gasteiger partial charge in [-0.05, 0) is 127 Å². The number of hydrogen-bond donors (Lipinski definition) is 3. The number of hydrogen-bond acceptors (Lipinski definition) is 21. The number of alkyl halides is 6. The molecule has 3 N–H and O–H groups in total. The third-order valence-corrected chi connectivity index (χ3v) is 17.2. The number of halogens is 6. The molecule has 0 spiro atoms. The molecule has 12 rings (SSSR count). The van der Waals surface area contributed by atoms with Gasteiger partial charge in [0.05, 0.1) is 136 Å². The molecule has 1 aromatic carbocycles. The second kappa shape index (κ2) is 30.7. The molecule has 24 nitrogen and oxygen atoms in total. The largest absolute Gasteiger partial charge is 0.478 e. The van der Waals surface area contributed by atoms with Crippen molar-refractivity contribution in [3.8, 4) is 57.1 Å². The molecule has 0 saturated carbocycles. The normalized spacial score (nSPS) is 14.8. The Hall–Kier alpha value is -11.0. The van der Waals surface area contributed by atoms with Crippen LogP contribution in [0.15, 0.2) is 116 Å². The lowest BCUT2D eigenvalue weighted by atomic mass is 9.80. The van der Waals surface area contributed by atoms with Gasteiger partial charge in [-0.15, -0.1) is 10.2 Å². The third kappa shape index (κ3) is 17.1. The molecule has 3 aliphatic rings. The van der Waals surface area contributed by atoms with E-state index in [1.807, 2.05) is 65.8 Å². The van der Waals surface area contributed by atoms with Crippen molar-refractivity contribution in [1.82, 2.24) is 55.5 Å². The number of amides is 3. The smallest absolute Gasteiger partial charge is 0.435 e. The minimum Gasteiger partial charge on any atom is -0.478 e. The van der Waals surface area contributed by atoms with Crippen LogP contribution < -0.4 is 30.2 Å². The Labute approximate surface area is 588 Å². The molecule has 3 saturated heterocycles. The molecule has 3 fully saturated rings. The molecular weight excluding hydrogens is 1340 g/mol. The second-order valence-electron chi connectivity index (χ2n) is 26.0. The summed E-state index contributed by atoms with van der Waals surface area (Å²) in [5, 5.41) is 38.0. The lowest BCUT2D eigenvalue weighted by Crippen LogP contribution is -2.44. The first kappa shape index (κ1) is 74.7. The van der Waals surface area contributed by atoms with E-state index in [0.717, 1.165) is 68.2 Å². The number of carbonyl (C=O) groups is 3. The van der Waals surface area contributed by atoms with E-state index in [9.17, 15) is 46.0 Å². The van der Waals surface area contributed by atoms with E-state index in [0.29, 0.717) is 129 Å². The van der Waals surface area contributed by atoms with Crippen molar-refractivity contribution in [2.75, 3.05) is 75.4 Å². The van der Waals surface area contributed by atoms with Gasteiger partial charge >= 0.3 is 12.4 Å². The zero-order valence-corrected chi connectivity index (χ0v) is 58.1. The van der Waals surface area contributed by atoms with Gasteiger partial charge in [-0.25, -0.2) is 15.0 Å². The summed E-state index contributed by atoms with van der Waals surface area (Å²) < 4.78 is 111. The van der Waals surface area contributed by atoms with Crippen molar-refractivity contribution < 1.29 is 69.1 Å². The fourth-order valence-corrected chi connectivity index (χ4v) is 11.1. The van der Waals surface area contributed by atoms with E-state index in [2.05, 4.69) is 104 Å². The van der Waals surface area contributed by atoms with Crippen LogP contribution >= 0.6 is 0 Å². The number of nitrogens with zero attached hydrogens (tertiary/aromatic N) is 12. The molecule has 0 radical (unpaired) electrons. The highest BCUT2D eigenvalue weighted by Gasteiger charge is 2.42. The number of pyridine rings is 5. The molecule has 30 heteroatoms. The van der Waals surface area contributed by atoms with Crippen LogP contribution in [0.3, 0.4) is 0 Å². The van der Waals surface area contributed by atoms with Crippen molar-refractivity contribution in [2.24, 2.45) is 0 Å². The Balaban J connectivity index is 0.000000166. The average molecular weight is 1420 g/mol. The number of ether oxygens (including phenoxy) is 6. The SMILES string of the molecule is CCOc1ncc(-c2cc(NC(=O)c3cnnc(C(C)(C)C#N)c3)cnc2C)cc1C1(C)COC1.CCOc1ncc(-c2cc(NC(=O)c3cnnc(C(F)(F)F)c3)ccc2C)cc1C1(C)COC1.CCOc1ncc(-c2cc(NC(=O)c3cnnc(C(F)(F)F)c3)cnc2C)cc1C1(C)COC1. The van der Waals surface area contributed by atoms with Gasteiger partial charge in [-0.2, -0.15) is 52.0 Å². The molecule has 11 heterocycles. The Morgan fingerprint density at radius 1 is 0.466 bits per heavy atom. The van der Waals surface area contributed by atoms with Crippen molar-refractivity contribution in [2.45, 2.75) is 110 Å². The summed E-state index contributed by atoms with van der Waals surface area (Å²) in [7, 11) is 0. The molecule has 8 aromatic heterocycles. The molecule has 0 aliphatic carbocycles. The van der Waals surface area contributed by atoms with Crippen molar-refractivity contribution in [1.29, 1.82) is 5.26 Å². The van der Waals surface area contributed by atoms with Gasteiger partial charge in [0.15, 0.2) is 11.4 Å². The summed E-state index contributed by atoms with van der Waals surface area (Å²) in [6.45, 7) is 26.0. The first-order valence-corrected chi connectivity index (χ1v) is 32.5. The standard InChI is InChI=1S/C26H28N6O3.C24H23F3N4O3.C23H22F3N5O3/c1-6-35-24-21(26(5)14-34-15-26)7-17(10-29-24)20-9-19(12-28-16(20)2)31-23(33)18-8-22(32-30-11-18)25(3,4)13-27;1-4-34-22-19(23(3)12-33-13-23)7-15(10-28-22)18-9-17(6-5-14(18)2)30-21(32)16-8-20(24(25,26)27)31-29-11-16;1-4-34-21-18(22(3)11-33-12-22)5-14(8-28-21)17-7-16(10-27-13(17)2)30-20(32)15-6-19(23(24,25)26)31-29-9-15/h7-12H,6,14-15H2,1-5H3,(H,31,33);5-11H,4,12-13H2,1-3H3,(H,30,32);5-10H,4,11-12H2,1-3H3,(H,30,32). The minimum atomic E-state index is -4.71. The minimum absolute atomic E-state index is 0.163. The molecular formula is C73H73F6N15O9. The molecule has 0 bridgehead atoms. The van der Waals surface area contributed by atoms with E-state index >= 15 is 0 Å². The van der Waals surface area contributed by atoms with Crippen LogP contribution in [0, 0.1) is 32.1 Å². The van der Waals surface area contributed by atoms with Crippen LogP contribution in [0.25, 0.3) is 33.4 Å². The van der Waals surface area contributed by atoms with Gasteiger partial charge < -0.3 is 44.4 Å². The monoisotopic (exact) mass is 1420 g/mol. The zero-order chi connectivity index (χ0) is 74.2. The third-order valence-electron chi connectivity index (χ3n) is 17.2. The number of rotatable bonds is 19. The first-order chi connectivity index (χ1) is 48.9. The van der Waals surface area contributed by atoms with Crippen LogP contribution in [0.2, 0.25) is 0 Å². The number of aryl methyl sites for hydroxylation is 3. The number of aromatic nitrogens is 11. The van der Waals surface area contributed by atoms with Gasteiger partial charge in [0.25, 0.3) is 17.7 Å². The summed E-state index contributed by atoms with van der Waals surface area (Å²) in [6, 6.07) is 19.9. The van der Waals surface area contributed by atoms with Gasteiger partial charge in [-0.1, -0.05) is 26.8 Å². The van der Waals surface area contributed by atoms with E-state index in [4.69, 9.17) is 28.4 Å². The Kier molecular flexibility index (Phi) is 22.2. The molecule has 3 amide bonds. The van der Waals surface area contributed by atoms with E-state index in [-0.39, 0.29) is 33.3 Å². The number of nitriles is 1. The number of anilines is 3. The predicted octanol–water partition coefficient (Wildman–Crippen LogP) is 13.0. The average Bonchev–Trinajstić information content (AvgIpc) is 0.777. The number of carbonyl (C=O) groups excluding carboxylic acids is 3. The van der Waals surface area contributed by atoms with E-state index in [1.165, 1.54) is 12.4 Å². The summed E-state index contributed by atoms with van der Waals surface area (Å²) in [5.74, 6) is -0.140. The van der Waals surface area contributed by atoms with Gasteiger partial charge in [0.1, 0.15) is 0 Å². The molecule has 103 heavy (non-hydrogen) atoms. The highest BCUT2D eigenvalue weighted by molar-refractivity contribution is 6.06. The van der Waals surface area contributed by atoms with Crippen molar-refractivity contribution >= 4 is 34.8 Å². The molecule has 9 aromatic rings. The highest BCUT2D eigenvalue weighted by Crippen LogP contribution is 2.43. The number of nitrogens with one attached hydrogen (secondary N) is 3. The lowest BCUT2D eigenvalue weighted by Gasteiger charge is -2.39. The Morgan fingerprint density at radius 2 is 0.796 bits per heavy atom. The molecule has 536 valence electrons. The summed E-state index contributed by atoms with van der Waals surface area (Å²) in [5.41, 5.74) is 7.66. The maximum absolute atomic E-state index is 12.9. The summed E-state index contributed by atoms with van der Waals surface area (Å²) in [6.07, 6.45) is 2.09. The van der Waals surface area contributed by atoms with Gasteiger partial charge in [-0.3, -0.25) is 24.4 Å². The number of benzene rings is 1. The zero-order valence-electron chi connectivity index (χ0n) is 58.1. The summed E-state index contributed by atoms with van der Waals surface area (Å²) >= 11 is 0. The van der Waals surface area contributed by atoms with Crippen LogP contribution in [-0.4, -0.2) is 133 Å². The maximum Gasteiger partial charge on any atom is 0.435 e. The lowest BCUT2D eigenvalue weighted by molar-refractivity contribution is -0.142. The fourth-order valence-electron chi connectivity index (χ4n) is 11.1. The first-order valence-electron chi connectivity index (χ1n) is 32.5. The van der Waals surface area contributed by atoms with Crippen molar-refractivity contribution in [3.63, 3.8) is 0 Å². The van der Waals surface area contributed by atoms with Crippen LogP contribution in [0.4, 0.5) is 43.4 Å². The summed E-state index contributed by atoms with van der Waals surface area (Å²) in [4.78, 5) is 60.5. The van der Waals surface area contributed by atoms with Crippen LogP contribution in [0.1, 0.15) is 137 Å². The second-order valence-corrected chi connectivity index (χ2v) is 26.0. The van der Waals surface area contributed by atoms with Crippen LogP contribution in [0.5, 0.6) is 17.6 Å². The predicted molar refractivity (Wildman–Crippen MR) is 365 cm³/mol.